The van der Waals surface area contributed by atoms with E-state index in [4.69, 9.17) is 14.2 Å². The maximum Gasteiger partial charge on any atom is 0.171 e. The third-order valence-corrected chi connectivity index (χ3v) is 7.50. The van der Waals surface area contributed by atoms with Gasteiger partial charge in [0, 0.05) is 18.2 Å². The Morgan fingerprint density at radius 3 is 2.54 bits per heavy atom. The fourth-order valence-corrected chi connectivity index (χ4v) is 5.44. The van der Waals surface area contributed by atoms with Gasteiger partial charge in [0.1, 0.15) is 30.0 Å². The number of allylic oxidation sites excluding steroid dienone is 1. The van der Waals surface area contributed by atoms with Gasteiger partial charge in [-0.15, -0.1) is 0 Å². The van der Waals surface area contributed by atoms with Crippen molar-refractivity contribution in [2.45, 2.75) is 39.3 Å². The van der Waals surface area contributed by atoms with Crippen LogP contribution in [0.4, 0.5) is 0 Å². The number of benzene rings is 3. The normalized spacial score (nSPS) is 20.3. The van der Waals surface area contributed by atoms with Crippen LogP contribution in [0.3, 0.4) is 0 Å². The molecule has 3 unspecified atom stereocenters. The van der Waals surface area contributed by atoms with Crippen LogP contribution in [0.5, 0.6) is 28.7 Å². The summed E-state index contributed by atoms with van der Waals surface area (Å²) < 4.78 is 18.2. The summed E-state index contributed by atoms with van der Waals surface area (Å²) in [5.41, 5.74) is 4.33. The number of hydrogen-bond donors (Lipinski definition) is 2. The standard InChI is InChI=1S/C31H35NO5/c1-19-14-15-32(17-19)20(2)18-36-25-10-8-22(9-11-25)30-28(23-6-5-7-24(33)16-23)21(3)29-27(37-30)13-12-26(34)31(29)35-4/h5-13,16,19-20,30,33-34H,14-15,17-18H2,1-4H3. The predicted octanol–water partition coefficient (Wildman–Crippen LogP) is 6.28. The molecule has 37 heavy (non-hydrogen) atoms. The van der Waals surface area contributed by atoms with Gasteiger partial charge in [-0.3, -0.25) is 4.90 Å². The monoisotopic (exact) mass is 501 g/mol. The molecule has 5 rings (SSSR count). The smallest absolute Gasteiger partial charge is 0.171 e. The van der Waals surface area contributed by atoms with Crippen LogP contribution in [-0.4, -0.2) is 48.0 Å². The topological polar surface area (TPSA) is 71.4 Å². The molecule has 0 saturated carbocycles. The van der Waals surface area contributed by atoms with Crippen molar-refractivity contribution in [1.29, 1.82) is 0 Å². The van der Waals surface area contributed by atoms with Crippen molar-refractivity contribution in [1.82, 2.24) is 4.90 Å². The summed E-state index contributed by atoms with van der Waals surface area (Å²) in [4.78, 5) is 2.49. The van der Waals surface area contributed by atoms with E-state index in [0.717, 1.165) is 47.0 Å². The van der Waals surface area contributed by atoms with Gasteiger partial charge in [0.05, 0.1) is 12.7 Å². The second-order valence-electron chi connectivity index (χ2n) is 10.2. The van der Waals surface area contributed by atoms with Gasteiger partial charge in [0.2, 0.25) is 0 Å². The van der Waals surface area contributed by atoms with Gasteiger partial charge in [-0.2, -0.15) is 0 Å². The maximum atomic E-state index is 10.4. The van der Waals surface area contributed by atoms with Crippen LogP contribution < -0.4 is 14.2 Å². The molecule has 3 aromatic rings. The first-order valence-electron chi connectivity index (χ1n) is 12.9. The number of likely N-dealkylation sites (tertiary alicyclic amines) is 1. The third-order valence-electron chi connectivity index (χ3n) is 7.50. The molecule has 2 heterocycles. The first kappa shape index (κ1) is 25.0. The van der Waals surface area contributed by atoms with E-state index in [1.807, 2.05) is 43.3 Å². The van der Waals surface area contributed by atoms with Gasteiger partial charge in [-0.25, -0.2) is 0 Å². The minimum Gasteiger partial charge on any atom is -0.508 e. The Kier molecular flexibility index (Phi) is 7.02. The number of fused-ring (bicyclic) bond motifs is 1. The van der Waals surface area contributed by atoms with E-state index in [0.29, 0.717) is 29.7 Å². The molecule has 0 amide bonds. The maximum absolute atomic E-state index is 10.4. The molecule has 194 valence electrons. The summed E-state index contributed by atoms with van der Waals surface area (Å²) >= 11 is 0. The molecule has 0 aliphatic carbocycles. The van der Waals surface area contributed by atoms with Crippen molar-refractivity contribution in [3.05, 3.63) is 77.4 Å². The van der Waals surface area contributed by atoms with Crippen LogP contribution in [0.2, 0.25) is 0 Å². The van der Waals surface area contributed by atoms with Crippen LogP contribution >= 0.6 is 0 Å². The summed E-state index contributed by atoms with van der Waals surface area (Å²) in [6.07, 6.45) is 0.839. The molecule has 2 aliphatic rings. The van der Waals surface area contributed by atoms with Gasteiger partial charge >= 0.3 is 0 Å². The average Bonchev–Trinajstić information content (AvgIpc) is 3.34. The minimum atomic E-state index is -0.414. The Balaban J connectivity index is 1.45. The lowest BCUT2D eigenvalue weighted by molar-refractivity contribution is 0.169. The fraction of sp³-hybridized carbons (Fsp3) is 0.355. The minimum absolute atomic E-state index is 0.0528. The van der Waals surface area contributed by atoms with Crippen LogP contribution in [0.15, 0.2) is 60.7 Å². The van der Waals surface area contributed by atoms with E-state index < -0.39 is 6.10 Å². The van der Waals surface area contributed by atoms with E-state index in [-0.39, 0.29) is 11.5 Å². The molecule has 1 fully saturated rings. The van der Waals surface area contributed by atoms with Crippen molar-refractivity contribution in [2.75, 3.05) is 26.8 Å². The van der Waals surface area contributed by atoms with Crippen LogP contribution in [-0.2, 0) is 0 Å². The first-order chi connectivity index (χ1) is 17.9. The molecule has 0 bridgehead atoms. The second kappa shape index (κ2) is 10.4. The van der Waals surface area contributed by atoms with E-state index in [2.05, 4.69) is 18.7 Å². The lowest BCUT2D eigenvalue weighted by Gasteiger charge is -2.32. The number of hydrogen-bond acceptors (Lipinski definition) is 6. The van der Waals surface area contributed by atoms with Gasteiger partial charge in [-0.1, -0.05) is 31.2 Å². The fourth-order valence-electron chi connectivity index (χ4n) is 5.44. The van der Waals surface area contributed by atoms with E-state index in [1.165, 1.54) is 13.5 Å². The highest BCUT2D eigenvalue weighted by Crippen LogP contribution is 2.52. The van der Waals surface area contributed by atoms with E-state index in [9.17, 15) is 10.2 Å². The molecule has 3 atom stereocenters. The highest BCUT2D eigenvalue weighted by atomic mass is 16.5. The zero-order valence-corrected chi connectivity index (χ0v) is 21.9. The molecular formula is C31H35NO5. The Bertz CT molecular complexity index is 1300. The Morgan fingerprint density at radius 1 is 1.08 bits per heavy atom. The summed E-state index contributed by atoms with van der Waals surface area (Å²) in [5, 5.41) is 20.6. The molecule has 1 saturated heterocycles. The quantitative estimate of drug-likeness (QED) is 0.397. The largest absolute Gasteiger partial charge is 0.508 e. The van der Waals surface area contributed by atoms with E-state index in [1.54, 1.807) is 24.3 Å². The third kappa shape index (κ3) is 4.98. The number of rotatable bonds is 7. The van der Waals surface area contributed by atoms with Crippen molar-refractivity contribution in [2.24, 2.45) is 5.92 Å². The molecule has 0 spiro atoms. The van der Waals surface area contributed by atoms with Crippen molar-refractivity contribution < 1.29 is 24.4 Å². The van der Waals surface area contributed by atoms with Crippen LogP contribution in [0, 0.1) is 5.92 Å². The molecule has 2 aliphatic heterocycles. The van der Waals surface area contributed by atoms with Crippen LogP contribution in [0.1, 0.15) is 50.0 Å². The molecule has 0 radical (unpaired) electrons. The van der Waals surface area contributed by atoms with Gasteiger partial charge < -0.3 is 24.4 Å². The molecule has 2 N–H and O–H groups in total. The Labute approximate surface area is 218 Å². The Morgan fingerprint density at radius 2 is 1.86 bits per heavy atom. The Hall–Kier alpha value is -3.64. The number of phenols is 2. The lowest BCUT2D eigenvalue weighted by Crippen LogP contribution is -2.35. The number of phenolic OH excluding ortho intramolecular Hbond substituents is 2. The van der Waals surface area contributed by atoms with E-state index >= 15 is 0 Å². The zero-order chi connectivity index (χ0) is 26.1. The molecular weight excluding hydrogens is 466 g/mol. The number of methoxy groups -OCH3 is 1. The van der Waals surface area contributed by atoms with Crippen molar-refractivity contribution in [3.63, 3.8) is 0 Å². The highest BCUT2D eigenvalue weighted by Gasteiger charge is 2.32. The first-order valence-corrected chi connectivity index (χ1v) is 12.9. The average molecular weight is 502 g/mol. The zero-order valence-electron chi connectivity index (χ0n) is 21.9. The van der Waals surface area contributed by atoms with Gasteiger partial charge in [0.25, 0.3) is 0 Å². The lowest BCUT2D eigenvalue weighted by atomic mass is 9.85. The SMILES string of the molecule is COc1c(O)ccc2c1C(C)=C(c1cccc(O)c1)C(c1ccc(OCC(C)N3CCC(C)C3)cc1)O2. The predicted molar refractivity (Wildman–Crippen MR) is 145 cm³/mol. The van der Waals surface area contributed by atoms with Crippen molar-refractivity contribution in [3.8, 4) is 28.7 Å². The molecule has 6 nitrogen and oxygen atoms in total. The molecule has 0 aromatic heterocycles. The summed E-state index contributed by atoms with van der Waals surface area (Å²) in [6, 6.07) is 18.9. The second-order valence-corrected chi connectivity index (χ2v) is 10.2. The number of aromatic hydroxyl groups is 2. The molecule has 6 heteroatoms. The molecule has 3 aromatic carbocycles. The van der Waals surface area contributed by atoms with Gasteiger partial charge in [-0.05, 0) is 85.8 Å². The summed E-state index contributed by atoms with van der Waals surface area (Å²) in [6.45, 7) is 9.44. The number of ether oxygens (including phenoxy) is 3. The van der Waals surface area contributed by atoms with Crippen molar-refractivity contribution >= 4 is 11.1 Å². The highest BCUT2D eigenvalue weighted by molar-refractivity contribution is 5.97. The summed E-state index contributed by atoms with van der Waals surface area (Å²) in [7, 11) is 1.53. The van der Waals surface area contributed by atoms with Gasteiger partial charge in [0.15, 0.2) is 11.5 Å². The number of nitrogens with zero attached hydrogens (tertiary/aromatic N) is 1. The van der Waals surface area contributed by atoms with Crippen LogP contribution in [0.25, 0.3) is 11.1 Å². The summed E-state index contributed by atoms with van der Waals surface area (Å²) in [5.74, 6) is 2.81.